The molecule has 0 bridgehead atoms. The molecule has 1 aromatic rings. The molecule has 100 valence electrons. The highest BCUT2D eigenvalue weighted by Crippen LogP contribution is 2.20. The molecule has 0 spiro atoms. The topological polar surface area (TPSA) is 41.5 Å². The van der Waals surface area contributed by atoms with E-state index in [0.29, 0.717) is 19.1 Å². The highest BCUT2D eigenvalue weighted by molar-refractivity contribution is 5.23. The van der Waals surface area contributed by atoms with Gasteiger partial charge in [0, 0.05) is 30.3 Å². The van der Waals surface area contributed by atoms with Crippen LogP contribution in [-0.2, 0) is 0 Å². The zero-order valence-corrected chi connectivity index (χ0v) is 10.0. The number of rotatable bonds is 7. The molecular formula is C13H17F2NO2. The van der Waals surface area contributed by atoms with Crippen molar-refractivity contribution in [3.8, 4) is 5.75 Å². The molecule has 1 unspecified atom stereocenters. The summed E-state index contributed by atoms with van der Waals surface area (Å²) < 4.78 is 31.0. The van der Waals surface area contributed by atoms with Gasteiger partial charge >= 0.3 is 0 Å². The van der Waals surface area contributed by atoms with Crippen molar-refractivity contribution in [2.24, 2.45) is 0 Å². The fourth-order valence-electron chi connectivity index (χ4n) is 1.74. The maximum Gasteiger partial charge on any atom is 0.129 e. The Labute approximate surface area is 105 Å². The monoisotopic (exact) mass is 257 g/mol. The van der Waals surface area contributed by atoms with Crippen LogP contribution in [0.5, 0.6) is 5.75 Å². The van der Waals surface area contributed by atoms with Gasteiger partial charge in [0.2, 0.25) is 0 Å². The molecule has 1 aliphatic rings. The second-order valence-electron chi connectivity index (χ2n) is 4.56. The molecule has 0 saturated heterocycles. The van der Waals surface area contributed by atoms with E-state index >= 15 is 0 Å². The molecule has 1 atom stereocenters. The summed E-state index contributed by atoms with van der Waals surface area (Å²) >= 11 is 0. The molecule has 1 saturated carbocycles. The zero-order valence-electron chi connectivity index (χ0n) is 10.0. The summed E-state index contributed by atoms with van der Waals surface area (Å²) in [7, 11) is 0. The summed E-state index contributed by atoms with van der Waals surface area (Å²) in [5.74, 6) is -1.13. The first-order valence-electron chi connectivity index (χ1n) is 6.13. The summed E-state index contributed by atoms with van der Waals surface area (Å²) in [4.78, 5) is 0. The Morgan fingerprint density at radius 2 is 1.94 bits per heavy atom. The SMILES string of the molecule is OCC(CCOc1cc(F)cc(F)c1)NC1CC1. The number of benzene rings is 1. The fraction of sp³-hybridized carbons (Fsp3) is 0.538. The van der Waals surface area contributed by atoms with Crippen LogP contribution in [0, 0.1) is 11.6 Å². The molecule has 5 heteroatoms. The maximum absolute atomic E-state index is 12.9. The van der Waals surface area contributed by atoms with Gasteiger partial charge in [0.15, 0.2) is 0 Å². The quantitative estimate of drug-likeness (QED) is 0.783. The Balaban J connectivity index is 1.75. The maximum atomic E-state index is 12.9. The van der Waals surface area contributed by atoms with Crippen LogP contribution < -0.4 is 10.1 Å². The molecule has 1 aromatic carbocycles. The number of ether oxygens (including phenoxy) is 1. The molecule has 3 nitrogen and oxygen atoms in total. The lowest BCUT2D eigenvalue weighted by Gasteiger charge is -2.16. The van der Waals surface area contributed by atoms with Gasteiger partial charge in [-0.15, -0.1) is 0 Å². The van der Waals surface area contributed by atoms with Crippen molar-refractivity contribution in [1.29, 1.82) is 0 Å². The van der Waals surface area contributed by atoms with E-state index in [0.717, 1.165) is 31.0 Å². The van der Waals surface area contributed by atoms with Crippen LogP contribution >= 0.6 is 0 Å². The molecule has 0 heterocycles. The number of aliphatic hydroxyl groups is 1. The third-order valence-corrected chi connectivity index (χ3v) is 2.84. The highest BCUT2D eigenvalue weighted by Gasteiger charge is 2.24. The Bertz CT molecular complexity index is 376. The van der Waals surface area contributed by atoms with Crippen LogP contribution in [0.1, 0.15) is 19.3 Å². The second kappa shape index (κ2) is 6.11. The Morgan fingerprint density at radius 1 is 1.28 bits per heavy atom. The van der Waals surface area contributed by atoms with Crippen molar-refractivity contribution in [3.63, 3.8) is 0 Å². The molecule has 0 amide bonds. The minimum atomic E-state index is -0.653. The molecule has 1 aliphatic carbocycles. The van der Waals surface area contributed by atoms with Gasteiger partial charge in [0.05, 0.1) is 13.2 Å². The van der Waals surface area contributed by atoms with Gasteiger partial charge in [-0.3, -0.25) is 0 Å². The van der Waals surface area contributed by atoms with Crippen molar-refractivity contribution < 1.29 is 18.6 Å². The predicted octanol–water partition coefficient (Wildman–Crippen LogP) is 1.85. The van der Waals surface area contributed by atoms with Crippen LogP contribution in [0.4, 0.5) is 8.78 Å². The highest BCUT2D eigenvalue weighted by atomic mass is 19.1. The van der Waals surface area contributed by atoms with E-state index in [1.54, 1.807) is 0 Å². The summed E-state index contributed by atoms with van der Waals surface area (Å²) in [6, 6.07) is 3.58. The van der Waals surface area contributed by atoms with E-state index < -0.39 is 11.6 Å². The molecular weight excluding hydrogens is 240 g/mol. The Morgan fingerprint density at radius 3 is 2.50 bits per heavy atom. The van der Waals surface area contributed by atoms with E-state index in [4.69, 9.17) is 9.84 Å². The van der Waals surface area contributed by atoms with Gasteiger partial charge < -0.3 is 15.2 Å². The van der Waals surface area contributed by atoms with E-state index in [2.05, 4.69) is 5.32 Å². The smallest absolute Gasteiger partial charge is 0.129 e. The van der Waals surface area contributed by atoms with E-state index in [1.165, 1.54) is 0 Å². The molecule has 2 N–H and O–H groups in total. The molecule has 0 aromatic heterocycles. The molecule has 18 heavy (non-hydrogen) atoms. The van der Waals surface area contributed by atoms with Crippen molar-refractivity contribution in [1.82, 2.24) is 5.32 Å². The van der Waals surface area contributed by atoms with E-state index in [9.17, 15) is 8.78 Å². The summed E-state index contributed by atoms with van der Waals surface area (Å²) in [6.07, 6.45) is 2.89. The zero-order chi connectivity index (χ0) is 13.0. The van der Waals surface area contributed by atoms with Crippen LogP contribution in [0.3, 0.4) is 0 Å². The van der Waals surface area contributed by atoms with Gasteiger partial charge in [-0.1, -0.05) is 0 Å². The molecule has 1 fully saturated rings. The van der Waals surface area contributed by atoms with Gasteiger partial charge in [0.1, 0.15) is 17.4 Å². The number of hydrogen-bond donors (Lipinski definition) is 2. The molecule has 0 aliphatic heterocycles. The average molecular weight is 257 g/mol. The first-order chi connectivity index (χ1) is 8.67. The fourth-order valence-corrected chi connectivity index (χ4v) is 1.74. The third-order valence-electron chi connectivity index (χ3n) is 2.84. The lowest BCUT2D eigenvalue weighted by atomic mass is 10.2. The minimum Gasteiger partial charge on any atom is -0.493 e. The van der Waals surface area contributed by atoms with Crippen LogP contribution in [0.2, 0.25) is 0 Å². The number of aliphatic hydroxyl groups excluding tert-OH is 1. The lowest BCUT2D eigenvalue weighted by Crippen LogP contribution is -2.35. The van der Waals surface area contributed by atoms with E-state index in [-0.39, 0.29) is 18.4 Å². The van der Waals surface area contributed by atoms with Crippen molar-refractivity contribution in [2.75, 3.05) is 13.2 Å². The largest absolute Gasteiger partial charge is 0.493 e. The third kappa shape index (κ3) is 4.23. The van der Waals surface area contributed by atoms with Crippen molar-refractivity contribution in [2.45, 2.75) is 31.3 Å². The van der Waals surface area contributed by atoms with Gasteiger partial charge in [-0.05, 0) is 19.3 Å². The van der Waals surface area contributed by atoms with E-state index in [1.807, 2.05) is 0 Å². The molecule has 0 radical (unpaired) electrons. The average Bonchev–Trinajstić information content (AvgIpc) is 3.10. The van der Waals surface area contributed by atoms with Crippen molar-refractivity contribution >= 4 is 0 Å². The lowest BCUT2D eigenvalue weighted by molar-refractivity contribution is 0.207. The Kier molecular flexibility index (Phi) is 4.49. The number of nitrogens with one attached hydrogen (secondary N) is 1. The van der Waals surface area contributed by atoms with Crippen molar-refractivity contribution in [3.05, 3.63) is 29.8 Å². The predicted molar refractivity (Wildman–Crippen MR) is 63.5 cm³/mol. The number of halogens is 2. The van der Waals surface area contributed by atoms with Crippen LogP contribution in [-0.4, -0.2) is 30.4 Å². The molecule has 2 rings (SSSR count). The number of hydrogen-bond acceptors (Lipinski definition) is 3. The summed E-state index contributed by atoms with van der Waals surface area (Å²) in [6.45, 7) is 0.352. The standard InChI is InChI=1S/C13H17F2NO2/c14-9-5-10(15)7-13(6-9)18-4-3-12(8-17)16-11-1-2-11/h5-7,11-12,16-17H,1-4,8H2. The second-order valence-corrected chi connectivity index (χ2v) is 4.56. The Hall–Kier alpha value is -1.20. The first kappa shape index (κ1) is 13.2. The van der Waals surface area contributed by atoms with Crippen LogP contribution in [0.15, 0.2) is 18.2 Å². The van der Waals surface area contributed by atoms with Crippen LogP contribution in [0.25, 0.3) is 0 Å². The minimum absolute atomic E-state index is 0.0177. The van der Waals surface area contributed by atoms with Gasteiger partial charge in [-0.25, -0.2) is 8.78 Å². The van der Waals surface area contributed by atoms with Gasteiger partial charge in [-0.2, -0.15) is 0 Å². The summed E-state index contributed by atoms with van der Waals surface area (Å²) in [5, 5.41) is 12.4. The first-order valence-corrected chi connectivity index (χ1v) is 6.13. The normalized spacial score (nSPS) is 16.6. The summed E-state index contributed by atoms with van der Waals surface area (Å²) in [5.41, 5.74) is 0. The van der Waals surface area contributed by atoms with Gasteiger partial charge in [0.25, 0.3) is 0 Å².